The number of hydrogen-bond acceptors (Lipinski definition) is 2. The van der Waals surface area contributed by atoms with E-state index in [4.69, 9.17) is 0 Å². The highest BCUT2D eigenvalue weighted by Gasteiger charge is 2.15. The van der Waals surface area contributed by atoms with Gasteiger partial charge in [0.1, 0.15) is 0 Å². The predicted octanol–water partition coefficient (Wildman–Crippen LogP) is 2.69. The minimum Gasteiger partial charge on any atom is -0.333 e. The van der Waals surface area contributed by atoms with Gasteiger partial charge in [0.25, 0.3) is 0 Å². The zero-order chi connectivity index (χ0) is 15.1. The van der Waals surface area contributed by atoms with Gasteiger partial charge in [-0.25, -0.2) is 0 Å². The Labute approximate surface area is 121 Å². The maximum atomic E-state index is 12.1. The molecule has 1 N–H and O–H groups in total. The van der Waals surface area contributed by atoms with E-state index >= 15 is 0 Å². The lowest BCUT2D eigenvalue weighted by Gasteiger charge is -2.22. The molecule has 2 amide bonds. The summed E-state index contributed by atoms with van der Waals surface area (Å²) in [6.45, 7) is 8.30. The molecule has 0 aliphatic heterocycles. The molecular formula is C16H24N2O2. The number of hydrogen-bond donors (Lipinski definition) is 1. The second kappa shape index (κ2) is 7.68. The first-order chi connectivity index (χ1) is 9.43. The van der Waals surface area contributed by atoms with Gasteiger partial charge in [-0.2, -0.15) is 0 Å². The summed E-state index contributed by atoms with van der Waals surface area (Å²) in [7, 11) is 0. The number of nitrogens with zero attached hydrogens (tertiary/aromatic N) is 1. The molecule has 0 fully saturated rings. The molecule has 0 unspecified atom stereocenters. The van der Waals surface area contributed by atoms with Crippen LogP contribution in [0.15, 0.2) is 24.3 Å². The molecule has 0 bridgehead atoms. The summed E-state index contributed by atoms with van der Waals surface area (Å²) >= 11 is 0. The van der Waals surface area contributed by atoms with Crippen molar-refractivity contribution in [3.63, 3.8) is 0 Å². The summed E-state index contributed by atoms with van der Waals surface area (Å²) in [6.07, 6.45) is 0.860. The van der Waals surface area contributed by atoms with Crippen LogP contribution in [0.5, 0.6) is 0 Å². The fourth-order valence-electron chi connectivity index (χ4n) is 2.06. The van der Waals surface area contributed by atoms with Crippen LogP contribution in [0.4, 0.5) is 5.69 Å². The number of benzene rings is 1. The molecule has 0 aliphatic carbocycles. The summed E-state index contributed by atoms with van der Waals surface area (Å²) in [4.78, 5) is 25.2. The highest BCUT2D eigenvalue weighted by molar-refractivity contribution is 5.94. The van der Waals surface area contributed by atoms with Crippen LogP contribution in [-0.4, -0.2) is 29.8 Å². The molecule has 0 heterocycles. The molecule has 0 atom stereocenters. The number of carbonyl (C=O) groups is 2. The van der Waals surface area contributed by atoms with Crippen molar-refractivity contribution in [3.05, 3.63) is 29.8 Å². The maximum Gasteiger partial charge on any atom is 0.244 e. The van der Waals surface area contributed by atoms with E-state index in [0.29, 0.717) is 12.5 Å². The van der Waals surface area contributed by atoms with Crippen molar-refractivity contribution in [1.29, 1.82) is 0 Å². The van der Waals surface area contributed by atoms with Crippen molar-refractivity contribution < 1.29 is 9.59 Å². The van der Waals surface area contributed by atoms with Gasteiger partial charge in [0.2, 0.25) is 11.8 Å². The Morgan fingerprint density at radius 2 is 1.90 bits per heavy atom. The van der Waals surface area contributed by atoms with E-state index in [2.05, 4.69) is 5.32 Å². The molecule has 0 saturated heterocycles. The normalized spacial score (nSPS) is 10.4. The van der Waals surface area contributed by atoms with Crippen LogP contribution in [0.25, 0.3) is 0 Å². The fraction of sp³-hybridized carbons (Fsp3) is 0.500. The first-order valence-corrected chi connectivity index (χ1v) is 7.07. The van der Waals surface area contributed by atoms with Crippen molar-refractivity contribution >= 4 is 17.5 Å². The van der Waals surface area contributed by atoms with Crippen LogP contribution >= 0.6 is 0 Å². The molecule has 20 heavy (non-hydrogen) atoms. The van der Waals surface area contributed by atoms with Crippen LogP contribution in [-0.2, 0) is 16.0 Å². The first kappa shape index (κ1) is 16.2. The highest BCUT2D eigenvalue weighted by Crippen LogP contribution is 2.15. The van der Waals surface area contributed by atoms with Gasteiger partial charge in [-0.05, 0) is 24.0 Å². The van der Waals surface area contributed by atoms with E-state index < -0.39 is 0 Å². The maximum absolute atomic E-state index is 12.1. The number of rotatable bonds is 6. The van der Waals surface area contributed by atoms with Crippen molar-refractivity contribution in [2.45, 2.75) is 34.1 Å². The topological polar surface area (TPSA) is 49.4 Å². The Hall–Kier alpha value is -1.84. The Morgan fingerprint density at radius 3 is 2.45 bits per heavy atom. The number of nitrogens with one attached hydrogen (secondary N) is 1. The van der Waals surface area contributed by atoms with Gasteiger partial charge >= 0.3 is 0 Å². The van der Waals surface area contributed by atoms with Gasteiger partial charge in [0.15, 0.2) is 0 Å². The SMILES string of the molecule is CCc1ccccc1NC(=O)CN(CC(C)C)C(C)=O. The van der Waals surface area contributed by atoms with E-state index in [1.54, 1.807) is 4.90 Å². The zero-order valence-corrected chi connectivity index (χ0v) is 12.8. The van der Waals surface area contributed by atoms with Crippen LogP contribution in [0, 0.1) is 5.92 Å². The number of aryl methyl sites for hydroxylation is 1. The molecule has 110 valence electrons. The minimum atomic E-state index is -0.151. The Balaban J connectivity index is 2.68. The summed E-state index contributed by atoms with van der Waals surface area (Å²) in [5, 5.41) is 2.89. The minimum absolute atomic E-state index is 0.0716. The second-order valence-electron chi connectivity index (χ2n) is 5.35. The standard InChI is InChI=1S/C16H24N2O2/c1-5-14-8-6-7-9-15(14)17-16(20)11-18(13(4)19)10-12(2)3/h6-9,12H,5,10-11H2,1-4H3,(H,17,20). The van der Waals surface area contributed by atoms with Crippen LogP contribution in [0.2, 0.25) is 0 Å². The third-order valence-corrected chi connectivity index (χ3v) is 3.04. The fourth-order valence-corrected chi connectivity index (χ4v) is 2.06. The average Bonchev–Trinajstić information content (AvgIpc) is 2.37. The summed E-state index contributed by atoms with van der Waals surface area (Å²) in [5.74, 6) is 0.119. The molecule has 0 spiro atoms. The Kier molecular flexibility index (Phi) is 6.22. The summed E-state index contributed by atoms with van der Waals surface area (Å²) in [5.41, 5.74) is 1.92. The number of anilines is 1. The molecule has 0 radical (unpaired) electrons. The largest absolute Gasteiger partial charge is 0.333 e. The molecule has 1 rings (SSSR count). The lowest BCUT2D eigenvalue weighted by atomic mass is 10.1. The van der Waals surface area contributed by atoms with Crippen molar-refractivity contribution in [3.8, 4) is 0 Å². The Morgan fingerprint density at radius 1 is 1.25 bits per heavy atom. The van der Waals surface area contributed by atoms with Gasteiger partial charge in [-0.1, -0.05) is 39.0 Å². The van der Waals surface area contributed by atoms with Gasteiger partial charge in [-0.15, -0.1) is 0 Å². The van der Waals surface area contributed by atoms with Crippen molar-refractivity contribution in [2.75, 3.05) is 18.4 Å². The third-order valence-electron chi connectivity index (χ3n) is 3.04. The quantitative estimate of drug-likeness (QED) is 0.868. The van der Waals surface area contributed by atoms with Crippen LogP contribution in [0.1, 0.15) is 33.3 Å². The second-order valence-corrected chi connectivity index (χ2v) is 5.35. The van der Waals surface area contributed by atoms with Crippen LogP contribution in [0.3, 0.4) is 0 Å². The van der Waals surface area contributed by atoms with Gasteiger partial charge in [0.05, 0.1) is 6.54 Å². The molecule has 1 aromatic rings. The smallest absolute Gasteiger partial charge is 0.244 e. The molecular weight excluding hydrogens is 252 g/mol. The lowest BCUT2D eigenvalue weighted by Crippen LogP contribution is -2.38. The molecule has 4 heteroatoms. The molecule has 1 aromatic carbocycles. The molecule has 4 nitrogen and oxygen atoms in total. The average molecular weight is 276 g/mol. The van der Waals surface area contributed by atoms with Crippen LogP contribution < -0.4 is 5.32 Å². The summed E-state index contributed by atoms with van der Waals surface area (Å²) in [6, 6.07) is 7.73. The third kappa shape index (κ3) is 5.03. The molecule has 0 aromatic heterocycles. The van der Waals surface area contributed by atoms with Gasteiger partial charge in [-0.3, -0.25) is 9.59 Å². The lowest BCUT2D eigenvalue weighted by molar-refractivity contribution is -0.133. The summed E-state index contributed by atoms with van der Waals surface area (Å²) < 4.78 is 0. The molecule has 0 saturated carbocycles. The number of carbonyl (C=O) groups excluding carboxylic acids is 2. The monoisotopic (exact) mass is 276 g/mol. The number of para-hydroxylation sites is 1. The van der Waals surface area contributed by atoms with E-state index in [0.717, 1.165) is 17.7 Å². The molecule has 0 aliphatic rings. The first-order valence-electron chi connectivity index (χ1n) is 7.07. The highest BCUT2D eigenvalue weighted by atomic mass is 16.2. The van der Waals surface area contributed by atoms with Gasteiger partial charge < -0.3 is 10.2 Å². The zero-order valence-electron chi connectivity index (χ0n) is 12.8. The van der Waals surface area contributed by atoms with E-state index in [1.807, 2.05) is 45.0 Å². The van der Waals surface area contributed by atoms with Crippen molar-refractivity contribution in [2.24, 2.45) is 5.92 Å². The van der Waals surface area contributed by atoms with Crippen molar-refractivity contribution in [1.82, 2.24) is 4.90 Å². The predicted molar refractivity (Wildman–Crippen MR) is 81.5 cm³/mol. The van der Waals surface area contributed by atoms with E-state index in [1.165, 1.54) is 6.92 Å². The Bertz CT molecular complexity index is 469. The van der Waals surface area contributed by atoms with E-state index in [9.17, 15) is 9.59 Å². The van der Waals surface area contributed by atoms with Gasteiger partial charge in [0, 0.05) is 19.2 Å². The van der Waals surface area contributed by atoms with E-state index in [-0.39, 0.29) is 18.4 Å². The number of amides is 2.